The van der Waals surface area contributed by atoms with Crippen LogP contribution in [0.25, 0.3) is 0 Å². The minimum atomic E-state index is 0.984. The van der Waals surface area contributed by atoms with Crippen LogP contribution in [0.5, 0.6) is 0 Å². The molecular formula is C5H7BO. The summed E-state index contributed by atoms with van der Waals surface area (Å²) in [6, 6.07) is 3.91. The molecule has 0 radical (unpaired) electrons. The van der Waals surface area contributed by atoms with E-state index in [1.165, 1.54) is 0 Å². The third-order valence-corrected chi connectivity index (χ3v) is 0.875. The molecule has 1 heterocycles. The van der Waals surface area contributed by atoms with Crippen molar-refractivity contribution in [2.45, 2.75) is 6.92 Å². The summed E-state index contributed by atoms with van der Waals surface area (Å²) >= 11 is 0. The molecule has 0 aliphatic carbocycles. The lowest BCUT2D eigenvalue weighted by Crippen LogP contribution is -1.92. The van der Waals surface area contributed by atoms with Crippen LogP contribution < -0.4 is 5.66 Å². The van der Waals surface area contributed by atoms with E-state index in [0.29, 0.717) is 0 Å². The fraction of sp³-hybridized carbons (Fsp3) is 0.200. The first kappa shape index (κ1) is 4.50. The molecule has 0 aliphatic heterocycles. The summed E-state index contributed by atoms with van der Waals surface area (Å²) in [6.45, 7) is 1.94. The largest absolute Gasteiger partial charge is 0.477 e. The first-order chi connectivity index (χ1) is 3.29. The lowest BCUT2D eigenvalue weighted by molar-refractivity contribution is 0.566. The maximum atomic E-state index is 5.08. The van der Waals surface area contributed by atoms with Crippen LogP contribution in [0.1, 0.15) is 5.76 Å². The summed E-state index contributed by atoms with van der Waals surface area (Å²) in [6.07, 6.45) is 0. The molecule has 1 aromatic rings. The second-order valence-corrected chi connectivity index (χ2v) is 1.66. The van der Waals surface area contributed by atoms with Gasteiger partial charge >= 0.3 is 0 Å². The van der Waals surface area contributed by atoms with Gasteiger partial charge in [0.1, 0.15) is 0 Å². The van der Waals surface area contributed by atoms with Gasteiger partial charge in [-0.3, -0.25) is 0 Å². The Kier molecular flexibility index (Phi) is 0.932. The van der Waals surface area contributed by atoms with Crippen molar-refractivity contribution in [3.05, 3.63) is 17.9 Å². The fourth-order valence-electron chi connectivity index (χ4n) is 0.557. The van der Waals surface area contributed by atoms with Gasteiger partial charge in [-0.1, -0.05) is 0 Å². The van der Waals surface area contributed by atoms with Crippen LogP contribution in [-0.4, -0.2) is 7.85 Å². The highest BCUT2D eigenvalue weighted by atomic mass is 16.3. The van der Waals surface area contributed by atoms with Crippen LogP contribution in [-0.2, 0) is 0 Å². The Morgan fingerprint density at radius 1 is 1.57 bits per heavy atom. The highest BCUT2D eigenvalue weighted by Gasteiger charge is 1.85. The van der Waals surface area contributed by atoms with Crippen LogP contribution in [0.3, 0.4) is 0 Å². The van der Waals surface area contributed by atoms with E-state index in [9.17, 15) is 0 Å². The van der Waals surface area contributed by atoms with Crippen LogP contribution in [0.15, 0.2) is 16.5 Å². The van der Waals surface area contributed by atoms with Gasteiger partial charge < -0.3 is 4.42 Å². The zero-order chi connectivity index (χ0) is 5.28. The normalized spacial score (nSPS) is 9.29. The van der Waals surface area contributed by atoms with Crippen molar-refractivity contribution >= 4 is 13.5 Å². The second-order valence-electron chi connectivity index (χ2n) is 1.66. The summed E-state index contributed by atoms with van der Waals surface area (Å²) in [7, 11) is 1.94. The molecule has 0 aromatic carbocycles. The molecule has 1 nitrogen and oxygen atoms in total. The number of aryl methyl sites for hydroxylation is 1. The topological polar surface area (TPSA) is 13.1 Å². The first-order valence-corrected chi connectivity index (χ1v) is 2.32. The van der Waals surface area contributed by atoms with Crippen molar-refractivity contribution in [2.75, 3.05) is 0 Å². The zero-order valence-electron chi connectivity index (χ0n) is 4.56. The summed E-state index contributed by atoms with van der Waals surface area (Å²) < 4.78 is 5.08. The number of furan rings is 1. The predicted molar refractivity (Wildman–Crippen MR) is 31.6 cm³/mol. The van der Waals surface area contributed by atoms with Crippen LogP contribution in [0, 0.1) is 6.92 Å². The van der Waals surface area contributed by atoms with Crippen LogP contribution in [0.4, 0.5) is 0 Å². The predicted octanol–water partition coefficient (Wildman–Crippen LogP) is -0.154. The quantitative estimate of drug-likeness (QED) is 0.407. The minimum absolute atomic E-state index is 0.984. The molecule has 0 spiro atoms. The van der Waals surface area contributed by atoms with E-state index < -0.39 is 0 Å². The molecule has 2 heteroatoms. The van der Waals surface area contributed by atoms with Gasteiger partial charge in [-0.05, 0) is 19.1 Å². The molecule has 1 rings (SSSR count). The highest BCUT2D eigenvalue weighted by Crippen LogP contribution is 1.90. The average Bonchev–Trinajstić information content (AvgIpc) is 1.87. The Hall–Kier alpha value is -0.655. The van der Waals surface area contributed by atoms with Crippen LogP contribution >= 0.6 is 0 Å². The molecule has 0 saturated carbocycles. The van der Waals surface area contributed by atoms with Gasteiger partial charge in [0.05, 0.1) is 11.4 Å². The molecular weight excluding hydrogens is 86.9 g/mol. The standard InChI is InChI=1S/C5H7BO/c1-4-2-3-5(6)7-4/h2-3H,6H2,1H3. The van der Waals surface area contributed by atoms with Gasteiger partial charge in [-0.15, -0.1) is 0 Å². The first-order valence-electron chi connectivity index (χ1n) is 2.32. The second kappa shape index (κ2) is 1.45. The molecule has 0 aliphatic rings. The maximum absolute atomic E-state index is 5.08. The van der Waals surface area contributed by atoms with Gasteiger partial charge in [0.2, 0.25) is 0 Å². The Bertz CT molecular complexity index is 140. The fourth-order valence-corrected chi connectivity index (χ4v) is 0.557. The molecule has 0 bridgehead atoms. The van der Waals surface area contributed by atoms with E-state index in [2.05, 4.69) is 0 Å². The molecule has 0 amide bonds. The van der Waals surface area contributed by atoms with Crippen molar-refractivity contribution in [1.29, 1.82) is 0 Å². The summed E-state index contributed by atoms with van der Waals surface area (Å²) in [5.74, 6) is 0.984. The lowest BCUT2D eigenvalue weighted by atomic mass is 10.1. The smallest absolute Gasteiger partial charge is 0.186 e. The molecule has 0 saturated heterocycles. The van der Waals surface area contributed by atoms with Crippen molar-refractivity contribution in [1.82, 2.24) is 0 Å². The summed E-state index contributed by atoms with van der Waals surface area (Å²) in [5.41, 5.74) is 0.984. The summed E-state index contributed by atoms with van der Waals surface area (Å²) in [5, 5.41) is 0. The Balaban J connectivity index is 3.04. The highest BCUT2D eigenvalue weighted by molar-refractivity contribution is 6.29. The molecule has 36 valence electrons. The Labute approximate surface area is 43.7 Å². The molecule has 0 atom stereocenters. The van der Waals surface area contributed by atoms with Gasteiger partial charge in [0, 0.05) is 0 Å². The van der Waals surface area contributed by atoms with E-state index in [1.807, 2.05) is 26.9 Å². The average molecular weight is 93.9 g/mol. The maximum Gasteiger partial charge on any atom is 0.186 e. The monoisotopic (exact) mass is 94.1 g/mol. The Morgan fingerprint density at radius 3 is 2.43 bits per heavy atom. The number of hydrogen-bond donors (Lipinski definition) is 0. The molecule has 7 heavy (non-hydrogen) atoms. The van der Waals surface area contributed by atoms with E-state index in [4.69, 9.17) is 4.42 Å². The van der Waals surface area contributed by atoms with Gasteiger partial charge in [-0.25, -0.2) is 0 Å². The summed E-state index contributed by atoms with van der Waals surface area (Å²) in [4.78, 5) is 0. The third-order valence-electron chi connectivity index (χ3n) is 0.875. The van der Waals surface area contributed by atoms with Gasteiger partial charge in [0.25, 0.3) is 0 Å². The van der Waals surface area contributed by atoms with E-state index in [0.717, 1.165) is 11.4 Å². The van der Waals surface area contributed by atoms with E-state index >= 15 is 0 Å². The van der Waals surface area contributed by atoms with E-state index in [1.54, 1.807) is 0 Å². The number of rotatable bonds is 0. The van der Waals surface area contributed by atoms with Crippen molar-refractivity contribution in [3.8, 4) is 0 Å². The SMILES string of the molecule is Bc1ccc(C)o1. The van der Waals surface area contributed by atoms with Gasteiger partial charge in [0.15, 0.2) is 7.85 Å². The molecule has 1 aromatic heterocycles. The Morgan fingerprint density at radius 2 is 2.29 bits per heavy atom. The van der Waals surface area contributed by atoms with Crippen molar-refractivity contribution in [3.63, 3.8) is 0 Å². The van der Waals surface area contributed by atoms with Crippen molar-refractivity contribution in [2.24, 2.45) is 0 Å². The lowest BCUT2D eigenvalue weighted by Gasteiger charge is -1.76. The zero-order valence-corrected chi connectivity index (χ0v) is 4.56. The van der Waals surface area contributed by atoms with Crippen molar-refractivity contribution < 1.29 is 4.42 Å². The molecule has 0 unspecified atom stereocenters. The molecule has 0 N–H and O–H groups in total. The molecule has 0 fully saturated rings. The third kappa shape index (κ3) is 0.859. The minimum Gasteiger partial charge on any atom is -0.477 e. The number of hydrogen-bond acceptors (Lipinski definition) is 1. The van der Waals surface area contributed by atoms with Crippen LogP contribution in [0.2, 0.25) is 0 Å². The van der Waals surface area contributed by atoms with E-state index in [-0.39, 0.29) is 0 Å². The van der Waals surface area contributed by atoms with Gasteiger partial charge in [-0.2, -0.15) is 0 Å².